The van der Waals surface area contributed by atoms with E-state index >= 15 is 0 Å². The molecule has 0 aliphatic heterocycles. The fraction of sp³-hybridized carbons (Fsp3) is 0.818. The van der Waals surface area contributed by atoms with Crippen molar-refractivity contribution in [3.05, 3.63) is 11.9 Å². The zero-order chi connectivity index (χ0) is 10.5. The molecular weight excluding hydrogens is 188 g/mol. The summed E-state index contributed by atoms with van der Waals surface area (Å²) < 4.78 is 1.97. The third kappa shape index (κ3) is 3.63. The van der Waals surface area contributed by atoms with E-state index in [0.717, 1.165) is 37.7 Å². The van der Waals surface area contributed by atoms with Crippen molar-refractivity contribution in [3.63, 3.8) is 0 Å². The van der Waals surface area contributed by atoms with E-state index in [-0.39, 0.29) is 0 Å². The highest BCUT2D eigenvalue weighted by atomic mass is 15.4. The molecule has 1 aromatic rings. The number of nitrogens with zero attached hydrogens (tertiary/aromatic N) is 3. The SMILES string of the molecule is CCCNCc1cn(CCC2CC2)nn1. The van der Waals surface area contributed by atoms with Gasteiger partial charge in [0.15, 0.2) is 0 Å². The normalized spacial score (nSPS) is 15.8. The average molecular weight is 208 g/mol. The number of hydrogen-bond acceptors (Lipinski definition) is 3. The summed E-state index contributed by atoms with van der Waals surface area (Å²) in [6.07, 6.45) is 7.32. The highest BCUT2D eigenvalue weighted by molar-refractivity contribution is 4.91. The van der Waals surface area contributed by atoms with Crippen molar-refractivity contribution in [3.8, 4) is 0 Å². The second kappa shape index (κ2) is 5.26. The molecule has 1 aromatic heterocycles. The first-order valence-electron chi connectivity index (χ1n) is 5.98. The molecule has 0 unspecified atom stereocenters. The van der Waals surface area contributed by atoms with Crippen LogP contribution < -0.4 is 5.32 Å². The zero-order valence-electron chi connectivity index (χ0n) is 9.45. The number of nitrogens with one attached hydrogen (secondary N) is 1. The molecule has 0 atom stereocenters. The molecule has 2 rings (SSSR count). The van der Waals surface area contributed by atoms with Gasteiger partial charge >= 0.3 is 0 Å². The maximum absolute atomic E-state index is 4.14. The molecule has 0 aromatic carbocycles. The van der Waals surface area contributed by atoms with Crippen molar-refractivity contribution in [2.45, 2.75) is 45.7 Å². The van der Waals surface area contributed by atoms with Crippen LogP contribution in [-0.4, -0.2) is 21.5 Å². The van der Waals surface area contributed by atoms with Crippen molar-refractivity contribution in [2.75, 3.05) is 6.54 Å². The smallest absolute Gasteiger partial charge is 0.0964 e. The molecule has 15 heavy (non-hydrogen) atoms. The van der Waals surface area contributed by atoms with Gasteiger partial charge in [-0.05, 0) is 25.3 Å². The summed E-state index contributed by atoms with van der Waals surface area (Å²) in [6, 6.07) is 0. The van der Waals surface area contributed by atoms with Crippen LogP contribution in [0.5, 0.6) is 0 Å². The van der Waals surface area contributed by atoms with Crippen LogP contribution in [0.2, 0.25) is 0 Å². The molecule has 84 valence electrons. The molecule has 0 spiro atoms. The van der Waals surface area contributed by atoms with Gasteiger partial charge in [0.25, 0.3) is 0 Å². The van der Waals surface area contributed by atoms with E-state index in [2.05, 4.69) is 28.7 Å². The molecule has 0 bridgehead atoms. The van der Waals surface area contributed by atoms with Gasteiger partial charge in [-0.3, -0.25) is 4.68 Å². The predicted octanol–water partition coefficient (Wildman–Crippen LogP) is 1.58. The lowest BCUT2D eigenvalue weighted by atomic mass is 10.3. The number of aromatic nitrogens is 3. The van der Waals surface area contributed by atoms with Gasteiger partial charge in [0.05, 0.1) is 5.69 Å². The van der Waals surface area contributed by atoms with Crippen molar-refractivity contribution in [2.24, 2.45) is 5.92 Å². The maximum atomic E-state index is 4.14. The molecule has 1 aliphatic rings. The zero-order valence-corrected chi connectivity index (χ0v) is 9.45. The van der Waals surface area contributed by atoms with Crippen molar-refractivity contribution < 1.29 is 0 Å². The van der Waals surface area contributed by atoms with Crippen LogP contribution >= 0.6 is 0 Å². The van der Waals surface area contributed by atoms with Crippen molar-refractivity contribution in [1.82, 2.24) is 20.3 Å². The highest BCUT2D eigenvalue weighted by Gasteiger charge is 2.20. The van der Waals surface area contributed by atoms with Gasteiger partial charge in [-0.25, -0.2) is 0 Å². The second-order valence-corrected chi connectivity index (χ2v) is 4.38. The molecule has 0 radical (unpaired) electrons. The Kier molecular flexibility index (Phi) is 3.72. The second-order valence-electron chi connectivity index (χ2n) is 4.38. The highest BCUT2D eigenvalue weighted by Crippen LogP contribution is 2.32. The maximum Gasteiger partial charge on any atom is 0.0964 e. The Labute approximate surface area is 91.1 Å². The Morgan fingerprint density at radius 3 is 3.13 bits per heavy atom. The number of hydrogen-bond donors (Lipinski definition) is 1. The summed E-state index contributed by atoms with van der Waals surface area (Å²) in [5.41, 5.74) is 1.05. The van der Waals surface area contributed by atoms with Crippen LogP contribution in [0, 0.1) is 5.92 Å². The Hall–Kier alpha value is -0.900. The Morgan fingerprint density at radius 1 is 1.53 bits per heavy atom. The largest absolute Gasteiger partial charge is 0.311 e. The minimum absolute atomic E-state index is 0.845. The Balaban J connectivity index is 1.70. The summed E-state index contributed by atoms with van der Waals surface area (Å²) >= 11 is 0. The first-order valence-corrected chi connectivity index (χ1v) is 5.98. The van der Waals surface area contributed by atoms with Gasteiger partial charge in [0.2, 0.25) is 0 Å². The van der Waals surface area contributed by atoms with Crippen LogP contribution in [0.4, 0.5) is 0 Å². The summed E-state index contributed by atoms with van der Waals surface area (Å²) in [4.78, 5) is 0. The van der Waals surface area contributed by atoms with Crippen molar-refractivity contribution in [1.29, 1.82) is 0 Å². The fourth-order valence-electron chi connectivity index (χ4n) is 1.64. The van der Waals surface area contributed by atoms with Gasteiger partial charge < -0.3 is 5.32 Å². The first kappa shape index (κ1) is 10.6. The first-order chi connectivity index (χ1) is 7.38. The molecule has 1 N–H and O–H groups in total. The molecule has 0 amide bonds. The molecule has 1 heterocycles. The Bertz CT molecular complexity index is 291. The third-order valence-corrected chi connectivity index (χ3v) is 2.78. The van der Waals surface area contributed by atoms with Crippen LogP contribution in [0.3, 0.4) is 0 Å². The van der Waals surface area contributed by atoms with Crippen LogP contribution in [0.25, 0.3) is 0 Å². The van der Waals surface area contributed by atoms with Crippen LogP contribution in [-0.2, 0) is 13.1 Å². The quantitative estimate of drug-likeness (QED) is 0.692. The van der Waals surface area contributed by atoms with Gasteiger partial charge in [0, 0.05) is 19.3 Å². The number of aryl methyl sites for hydroxylation is 1. The van der Waals surface area contributed by atoms with E-state index < -0.39 is 0 Å². The van der Waals surface area contributed by atoms with Gasteiger partial charge in [-0.2, -0.15) is 0 Å². The fourth-order valence-corrected chi connectivity index (χ4v) is 1.64. The molecule has 4 heteroatoms. The lowest BCUT2D eigenvalue weighted by molar-refractivity contribution is 0.531. The van der Waals surface area contributed by atoms with Crippen molar-refractivity contribution >= 4 is 0 Å². The van der Waals surface area contributed by atoms with E-state index in [1.807, 2.05) is 4.68 Å². The molecule has 1 saturated carbocycles. The van der Waals surface area contributed by atoms with Gasteiger partial charge in [-0.15, -0.1) is 5.10 Å². The van der Waals surface area contributed by atoms with E-state index in [4.69, 9.17) is 0 Å². The standard InChI is InChI=1S/C11H20N4/c1-2-6-12-8-11-9-15(14-13-11)7-5-10-3-4-10/h9-10,12H,2-8H2,1H3. The summed E-state index contributed by atoms with van der Waals surface area (Å²) in [5, 5.41) is 11.6. The van der Waals surface area contributed by atoms with Gasteiger partial charge in [0.1, 0.15) is 0 Å². The molecule has 1 fully saturated rings. The monoisotopic (exact) mass is 208 g/mol. The van der Waals surface area contributed by atoms with E-state index in [9.17, 15) is 0 Å². The van der Waals surface area contributed by atoms with Crippen LogP contribution in [0.15, 0.2) is 6.20 Å². The average Bonchev–Trinajstić information content (AvgIpc) is 2.97. The lowest BCUT2D eigenvalue weighted by Crippen LogP contribution is -2.13. The molecule has 4 nitrogen and oxygen atoms in total. The lowest BCUT2D eigenvalue weighted by Gasteiger charge is -1.98. The topological polar surface area (TPSA) is 42.7 Å². The minimum Gasteiger partial charge on any atom is -0.311 e. The summed E-state index contributed by atoms with van der Waals surface area (Å²) in [5.74, 6) is 0.968. The number of rotatable bonds is 7. The summed E-state index contributed by atoms with van der Waals surface area (Å²) in [6.45, 7) is 5.09. The molecule has 0 saturated heterocycles. The summed E-state index contributed by atoms with van der Waals surface area (Å²) in [7, 11) is 0. The van der Waals surface area contributed by atoms with E-state index in [1.54, 1.807) is 0 Å². The minimum atomic E-state index is 0.845. The van der Waals surface area contributed by atoms with E-state index in [0.29, 0.717) is 0 Å². The van der Waals surface area contributed by atoms with Crippen LogP contribution in [0.1, 0.15) is 38.3 Å². The Morgan fingerprint density at radius 2 is 2.40 bits per heavy atom. The van der Waals surface area contributed by atoms with E-state index in [1.165, 1.54) is 19.3 Å². The third-order valence-electron chi connectivity index (χ3n) is 2.78. The van der Waals surface area contributed by atoms with Gasteiger partial charge in [-0.1, -0.05) is 25.0 Å². The molecule has 1 aliphatic carbocycles. The predicted molar refractivity (Wildman–Crippen MR) is 59.4 cm³/mol. The molecular formula is C11H20N4.